The number of carbonyl (C=O) groups is 2. The van der Waals surface area contributed by atoms with E-state index in [-0.39, 0.29) is 0 Å². The summed E-state index contributed by atoms with van der Waals surface area (Å²) in [5.41, 5.74) is 0. The molecule has 11 heavy (non-hydrogen) atoms. The average Bonchev–Trinajstić information content (AvgIpc) is 2.41. The molecule has 0 atom stereocenters. The van der Waals surface area contributed by atoms with E-state index in [2.05, 4.69) is 10.2 Å². The standard InChI is InChI=1S/C3H4N2.C2H2O4/c1-2-4-5-3-1;3-1(4)2(5)6/h1-3H,(H,4,5);(H,3,4)(H,5,6). The van der Waals surface area contributed by atoms with Crippen molar-refractivity contribution in [1.82, 2.24) is 10.2 Å². The second-order valence-corrected chi connectivity index (χ2v) is 1.38. The zero-order chi connectivity index (χ0) is 8.69. The molecule has 0 aromatic carbocycles. The van der Waals surface area contributed by atoms with Gasteiger partial charge < -0.3 is 10.2 Å². The van der Waals surface area contributed by atoms with Gasteiger partial charge in [0, 0.05) is 12.4 Å². The van der Waals surface area contributed by atoms with Crippen LogP contribution in [0.25, 0.3) is 0 Å². The van der Waals surface area contributed by atoms with Gasteiger partial charge in [-0.05, 0) is 6.07 Å². The molecule has 0 unspecified atom stereocenters. The van der Waals surface area contributed by atoms with Crippen molar-refractivity contribution < 1.29 is 19.8 Å². The molecule has 0 saturated heterocycles. The maximum atomic E-state index is 9.10. The van der Waals surface area contributed by atoms with Crippen molar-refractivity contribution in [1.29, 1.82) is 0 Å². The van der Waals surface area contributed by atoms with Gasteiger partial charge in [0.15, 0.2) is 0 Å². The van der Waals surface area contributed by atoms with Gasteiger partial charge in [-0.1, -0.05) is 0 Å². The Morgan fingerprint density at radius 2 is 1.82 bits per heavy atom. The first-order valence-electron chi connectivity index (χ1n) is 2.54. The number of nitrogens with one attached hydrogen (secondary N) is 1. The van der Waals surface area contributed by atoms with Gasteiger partial charge in [0.05, 0.1) is 0 Å². The Hall–Kier alpha value is -1.85. The number of carboxylic acids is 2. The van der Waals surface area contributed by atoms with Crippen molar-refractivity contribution >= 4 is 11.9 Å². The SMILES string of the molecule is O=C(O)C(=O)O.c1cn[nH]c1. The van der Waals surface area contributed by atoms with Gasteiger partial charge in [-0.3, -0.25) is 5.10 Å². The average molecular weight is 158 g/mol. The quantitative estimate of drug-likeness (QED) is 0.444. The maximum absolute atomic E-state index is 9.10. The fourth-order valence-corrected chi connectivity index (χ4v) is 0.215. The Morgan fingerprint density at radius 1 is 1.27 bits per heavy atom. The van der Waals surface area contributed by atoms with Crippen LogP contribution < -0.4 is 0 Å². The molecule has 0 saturated carbocycles. The number of aromatic nitrogens is 2. The van der Waals surface area contributed by atoms with Crippen molar-refractivity contribution in [3.8, 4) is 0 Å². The Balaban J connectivity index is 0.000000183. The van der Waals surface area contributed by atoms with Crippen molar-refractivity contribution in [2.45, 2.75) is 0 Å². The van der Waals surface area contributed by atoms with Crippen LogP contribution in [0.4, 0.5) is 0 Å². The minimum absolute atomic E-state index is 1.69. The van der Waals surface area contributed by atoms with Crippen LogP contribution in [0.2, 0.25) is 0 Å². The molecule has 60 valence electrons. The highest BCUT2D eigenvalue weighted by Gasteiger charge is 2.04. The first-order chi connectivity index (χ1) is 5.14. The number of aromatic amines is 1. The summed E-state index contributed by atoms with van der Waals surface area (Å²) in [7, 11) is 0. The van der Waals surface area contributed by atoms with Gasteiger partial charge in [0.1, 0.15) is 0 Å². The minimum atomic E-state index is -1.82. The molecular weight excluding hydrogens is 152 g/mol. The third-order valence-corrected chi connectivity index (χ3v) is 0.589. The summed E-state index contributed by atoms with van der Waals surface area (Å²) in [4.78, 5) is 18.2. The lowest BCUT2D eigenvalue weighted by atomic mass is 10.7. The van der Waals surface area contributed by atoms with E-state index in [4.69, 9.17) is 19.8 Å². The van der Waals surface area contributed by atoms with E-state index >= 15 is 0 Å². The minimum Gasteiger partial charge on any atom is -0.473 e. The van der Waals surface area contributed by atoms with Crippen LogP contribution in [0, 0.1) is 0 Å². The molecule has 0 bridgehead atoms. The van der Waals surface area contributed by atoms with E-state index in [1.54, 1.807) is 12.4 Å². The van der Waals surface area contributed by atoms with Gasteiger partial charge >= 0.3 is 11.9 Å². The summed E-state index contributed by atoms with van der Waals surface area (Å²) in [6, 6.07) is 1.83. The Kier molecular flexibility index (Phi) is 4.14. The van der Waals surface area contributed by atoms with Crippen LogP contribution in [0.3, 0.4) is 0 Å². The molecule has 0 spiro atoms. The molecule has 0 amide bonds. The zero-order valence-corrected chi connectivity index (χ0v) is 5.39. The zero-order valence-electron chi connectivity index (χ0n) is 5.39. The van der Waals surface area contributed by atoms with Crippen molar-refractivity contribution in [3.05, 3.63) is 18.5 Å². The van der Waals surface area contributed by atoms with Crippen LogP contribution in [0.1, 0.15) is 0 Å². The molecule has 1 aromatic heterocycles. The van der Waals surface area contributed by atoms with Crippen molar-refractivity contribution in [3.63, 3.8) is 0 Å². The van der Waals surface area contributed by atoms with Crippen LogP contribution in [0.15, 0.2) is 18.5 Å². The molecule has 3 N–H and O–H groups in total. The number of nitrogens with zero attached hydrogens (tertiary/aromatic N) is 1. The first-order valence-corrected chi connectivity index (χ1v) is 2.54. The molecule has 6 heteroatoms. The lowest BCUT2D eigenvalue weighted by molar-refractivity contribution is -0.159. The highest BCUT2D eigenvalue weighted by Crippen LogP contribution is 1.64. The van der Waals surface area contributed by atoms with Crippen LogP contribution in [0.5, 0.6) is 0 Å². The molecule has 0 aliphatic heterocycles. The van der Waals surface area contributed by atoms with Gasteiger partial charge in [-0.25, -0.2) is 9.59 Å². The van der Waals surface area contributed by atoms with E-state index in [1.165, 1.54) is 0 Å². The topological polar surface area (TPSA) is 103 Å². The fraction of sp³-hybridized carbons (Fsp3) is 0. The van der Waals surface area contributed by atoms with Crippen molar-refractivity contribution in [2.24, 2.45) is 0 Å². The Bertz CT molecular complexity index is 189. The molecule has 6 nitrogen and oxygen atoms in total. The molecule has 0 radical (unpaired) electrons. The van der Waals surface area contributed by atoms with Crippen LogP contribution >= 0.6 is 0 Å². The molecule has 0 aliphatic rings. The normalized spacial score (nSPS) is 7.64. The predicted octanol–water partition coefficient (Wildman–Crippen LogP) is -0.435. The lowest BCUT2D eigenvalue weighted by Gasteiger charge is -1.72. The van der Waals surface area contributed by atoms with Gasteiger partial charge in [0.25, 0.3) is 0 Å². The number of carboxylic acid groups (broad SMARTS) is 2. The number of H-pyrrole nitrogens is 1. The van der Waals surface area contributed by atoms with E-state index in [0.717, 1.165) is 0 Å². The molecule has 0 aliphatic carbocycles. The van der Waals surface area contributed by atoms with Gasteiger partial charge in [-0.15, -0.1) is 0 Å². The number of hydrogen-bond acceptors (Lipinski definition) is 3. The molecule has 0 fully saturated rings. The molecule has 1 aromatic rings. The third-order valence-electron chi connectivity index (χ3n) is 0.589. The fourth-order valence-electron chi connectivity index (χ4n) is 0.215. The summed E-state index contributed by atoms with van der Waals surface area (Å²) >= 11 is 0. The molecule has 1 heterocycles. The second-order valence-electron chi connectivity index (χ2n) is 1.38. The second kappa shape index (κ2) is 4.98. The van der Waals surface area contributed by atoms with E-state index in [0.29, 0.717) is 0 Å². The Morgan fingerprint density at radius 3 is 1.91 bits per heavy atom. The molecule has 1 rings (SSSR count). The van der Waals surface area contributed by atoms with Gasteiger partial charge in [-0.2, -0.15) is 5.10 Å². The highest BCUT2D eigenvalue weighted by molar-refractivity contribution is 6.27. The predicted molar refractivity (Wildman–Crippen MR) is 33.9 cm³/mol. The van der Waals surface area contributed by atoms with E-state index in [1.807, 2.05) is 6.07 Å². The smallest absolute Gasteiger partial charge is 0.414 e. The lowest BCUT2D eigenvalue weighted by Crippen LogP contribution is -2.09. The molecular formula is C5H6N2O4. The van der Waals surface area contributed by atoms with E-state index < -0.39 is 11.9 Å². The summed E-state index contributed by atoms with van der Waals surface area (Å²) in [6.07, 6.45) is 3.46. The van der Waals surface area contributed by atoms with E-state index in [9.17, 15) is 0 Å². The number of aliphatic carboxylic acids is 2. The Labute approximate surface area is 61.5 Å². The van der Waals surface area contributed by atoms with Gasteiger partial charge in [0.2, 0.25) is 0 Å². The summed E-state index contributed by atoms with van der Waals surface area (Å²) in [6.45, 7) is 0. The largest absolute Gasteiger partial charge is 0.473 e. The van der Waals surface area contributed by atoms with Crippen molar-refractivity contribution in [2.75, 3.05) is 0 Å². The summed E-state index contributed by atoms with van der Waals surface area (Å²) in [5.74, 6) is -3.65. The first kappa shape index (κ1) is 9.15. The number of hydrogen-bond donors (Lipinski definition) is 3. The summed E-state index contributed by atoms with van der Waals surface area (Å²) < 4.78 is 0. The third kappa shape index (κ3) is 6.03. The van der Waals surface area contributed by atoms with Crippen LogP contribution in [-0.2, 0) is 9.59 Å². The monoisotopic (exact) mass is 158 g/mol. The maximum Gasteiger partial charge on any atom is 0.414 e. The highest BCUT2D eigenvalue weighted by atomic mass is 16.4. The summed E-state index contributed by atoms with van der Waals surface area (Å²) in [5, 5.41) is 21.0. The van der Waals surface area contributed by atoms with Crippen LogP contribution in [-0.4, -0.2) is 32.3 Å². The number of rotatable bonds is 0.